The number of amides is 1. The van der Waals surface area contributed by atoms with Crippen molar-refractivity contribution in [2.24, 2.45) is 11.8 Å². The minimum absolute atomic E-state index is 0. The van der Waals surface area contributed by atoms with Crippen LogP contribution >= 0.6 is 12.4 Å². The highest BCUT2D eigenvalue weighted by molar-refractivity contribution is 5.85. The summed E-state index contributed by atoms with van der Waals surface area (Å²) in [4.78, 5) is 15.8. The van der Waals surface area contributed by atoms with E-state index in [0.29, 0.717) is 24.9 Å². The van der Waals surface area contributed by atoms with Gasteiger partial charge in [-0.2, -0.15) is 0 Å². The van der Waals surface area contributed by atoms with E-state index in [1.54, 1.807) is 0 Å². The van der Waals surface area contributed by atoms with Crippen LogP contribution in [0.5, 0.6) is 5.75 Å². The molecule has 0 heterocycles. The van der Waals surface area contributed by atoms with Crippen LogP contribution in [0.2, 0.25) is 0 Å². The van der Waals surface area contributed by atoms with E-state index in [9.17, 15) is 4.79 Å². The number of hydrogen-bond donors (Lipinski definition) is 1. The maximum absolute atomic E-state index is 13.4. The maximum Gasteiger partial charge on any atom is 0.238 e. The summed E-state index contributed by atoms with van der Waals surface area (Å²) >= 11 is 0. The summed E-state index contributed by atoms with van der Waals surface area (Å²) in [6.07, 6.45) is 2.87. The van der Waals surface area contributed by atoms with Crippen molar-refractivity contribution >= 4 is 18.3 Å². The Morgan fingerprint density at radius 3 is 1.89 bits per heavy atom. The van der Waals surface area contributed by atoms with E-state index < -0.39 is 0 Å². The second-order valence-electron chi connectivity index (χ2n) is 11.3. The molecule has 35 heavy (non-hydrogen) atoms. The number of carbonyl (C=O) groups is 1. The van der Waals surface area contributed by atoms with E-state index in [1.807, 2.05) is 51.1 Å². The molecular weight excluding hydrogens is 456 g/mol. The normalized spacial score (nSPS) is 12.5. The molecule has 0 unspecified atom stereocenters. The zero-order chi connectivity index (χ0) is 25.1. The molecular formula is C30H47ClN2O2. The van der Waals surface area contributed by atoms with E-state index in [0.717, 1.165) is 42.8 Å². The zero-order valence-electron chi connectivity index (χ0n) is 22.8. The molecule has 0 saturated carbocycles. The van der Waals surface area contributed by atoms with E-state index in [1.165, 1.54) is 0 Å². The first-order chi connectivity index (χ1) is 16.0. The van der Waals surface area contributed by atoms with Gasteiger partial charge in [-0.05, 0) is 88.2 Å². The van der Waals surface area contributed by atoms with Gasteiger partial charge in [0.1, 0.15) is 12.4 Å². The van der Waals surface area contributed by atoms with E-state index in [4.69, 9.17) is 4.74 Å². The van der Waals surface area contributed by atoms with Gasteiger partial charge in [0.05, 0.1) is 6.04 Å². The van der Waals surface area contributed by atoms with Crippen LogP contribution in [0.1, 0.15) is 72.4 Å². The summed E-state index contributed by atoms with van der Waals surface area (Å²) in [7, 11) is 0. The fourth-order valence-corrected chi connectivity index (χ4v) is 3.80. The van der Waals surface area contributed by atoms with Crippen LogP contribution in [0.4, 0.5) is 0 Å². The molecule has 2 aromatic rings. The first-order valence-corrected chi connectivity index (χ1v) is 12.8. The summed E-state index contributed by atoms with van der Waals surface area (Å²) in [5, 5.41) is 3.24. The SMILES string of the molecule is CC(C)CCN(CCC(C)C)[C@@H](Cc1ccc(OCc2ccccc2)cc1)C(=O)NC(C)(C)C.Cl. The van der Waals surface area contributed by atoms with Crippen molar-refractivity contribution in [1.82, 2.24) is 10.2 Å². The fraction of sp³-hybridized carbons (Fsp3) is 0.567. The monoisotopic (exact) mass is 502 g/mol. The first kappa shape index (κ1) is 31.0. The lowest BCUT2D eigenvalue weighted by atomic mass is 9.99. The van der Waals surface area contributed by atoms with Gasteiger partial charge in [0.15, 0.2) is 0 Å². The van der Waals surface area contributed by atoms with Crippen LogP contribution in [0, 0.1) is 11.8 Å². The number of carbonyl (C=O) groups excluding carboxylic acids is 1. The Kier molecular flexibility index (Phi) is 13.4. The largest absolute Gasteiger partial charge is 0.489 e. The number of nitrogens with zero attached hydrogens (tertiary/aromatic N) is 1. The third kappa shape index (κ3) is 12.5. The minimum atomic E-state index is -0.258. The molecule has 4 nitrogen and oxygen atoms in total. The summed E-state index contributed by atoms with van der Waals surface area (Å²) in [6.45, 7) is 17.6. The number of benzene rings is 2. The van der Waals surface area contributed by atoms with Crippen LogP contribution in [0.3, 0.4) is 0 Å². The number of nitrogens with one attached hydrogen (secondary N) is 1. The fourth-order valence-electron chi connectivity index (χ4n) is 3.80. The van der Waals surface area contributed by atoms with Crippen molar-refractivity contribution in [3.05, 3.63) is 65.7 Å². The highest BCUT2D eigenvalue weighted by Gasteiger charge is 2.29. The molecule has 0 bridgehead atoms. The number of ether oxygens (including phenoxy) is 1. The predicted octanol–water partition coefficient (Wildman–Crippen LogP) is 6.91. The smallest absolute Gasteiger partial charge is 0.238 e. The third-order valence-electron chi connectivity index (χ3n) is 5.83. The molecule has 0 aliphatic rings. The molecule has 0 aromatic heterocycles. The van der Waals surface area contributed by atoms with Gasteiger partial charge in [-0.3, -0.25) is 9.69 Å². The molecule has 2 aromatic carbocycles. The molecule has 196 valence electrons. The molecule has 1 N–H and O–H groups in total. The zero-order valence-corrected chi connectivity index (χ0v) is 23.7. The van der Waals surface area contributed by atoms with E-state index in [2.05, 4.69) is 62.2 Å². The average Bonchev–Trinajstić information content (AvgIpc) is 2.76. The Morgan fingerprint density at radius 2 is 1.40 bits per heavy atom. The Morgan fingerprint density at radius 1 is 0.857 bits per heavy atom. The molecule has 0 saturated heterocycles. The van der Waals surface area contributed by atoms with Gasteiger partial charge in [0, 0.05) is 5.54 Å². The molecule has 1 amide bonds. The van der Waals surface area contributed by atoms with Gasteiger partial charge < -0.3 is 10.1 Å². The van der Waals surface area contributed by atoms with Gasteiger partial charge >= 0.3 is 0 Å². The number of halogens is 1. The van der Waals surface area contributed by atoms with Crippen molar-refractivity contribution in [3.8, 4) is 5.75 Å². The molecule has 5 heteroatoms. The van der Waals surface area contributed by atoms with Gasteiger partial charge in [-0.25, -0.2) is 0 Å². The van der Waals surface area contributed by atoms with Crippen LogP contribution in [0.25, 0.3) is 0 Å². The van der Waals surface area contributed by atoms with Gasteiger partial charge in [-0.1, -0.05) is 70.2 Å². The quantitative estimate of drug-likeness (QED) is 0.323. The van der Waals surface area contributed by atoms with Crippen molar-refractivity contribution in [3.63, 3.8) is 0 Å². The maximum atomic E-state index is 13.4. The van der Waals surface area contributed by atoms with Crippen molar-refractivity contribution < 1.29 is 9.53 Å². The van der Waals surface area contributed by atoms with Gasteiger partial charge in [-0.15, -0.1) is 12.4 Å². The molecule has 0 aliphatic carbocycles. The van der Waals surface area contributed by atoms with Crippen molar-refractivity contribution in [2.75, 3.05) is 13.1 Å². The van der Waals surface area contributed by atoms with Crippen molar-refractivity contribution in [1.29, 1.82) is 0 Å². The lowest BCUT2D eigenvalue weighted by molar-refractivity contribution is -0.128. The Bertz CT molecular complexity index is 833. The van der Waals surface area contributed by atoms with Crippen molar-refractivity contribution in [2.45, 2.75) is 85.9 Å². The van der Waals surface area contributed by atoms with Crippen LogP contribution in [0.15, 0.2) is 54.6 Å². The summed E-state index contributed by atoms with van der Waals surface area (Å²) in [5.74, 6) is 2.17. The number of rotatable bonds is 13. The summed E-state index contributed by atoms with van der Waals surface area (Å²) < 4.78 is 5.95. The standard InChI is InChI=1S/C30H46N2O2.ClH/c1-23(2)17-19-32(20-18-24(3)4)28(29(33)31-30(5,6)7)21-25-13-15-27(16-14-25)34-22-26-11-9-8-10-12-26;/h8-16,23-24,28H,17-22H2,1-7H3,(H,31,33);1H/t28-;/m0./s1. The topological polar surface area (TPSA) is 41.6 Å². The van der Waals surface area contributed by atoms with Gasteiger partial charge in [0.25, 0.3) is 0 Å². The molecule has 0 fully saturated rings. The van der Waals surface area contributed by atoms with E-state index >= 15 is 0 Å². The highest BCUT2D eigenvalue weighted by atomic mass is 35.5. The van der Waals surface area contributed by atoms with Crippen LogP contribution < -0.4 is 10.1 Å². The first-order valence-electron chi connectivity index (χ1n) is 12.8. The Balaban J connectivity index is 0.00000612. The van der Waals surface area contributed by atoms with E-state index in [-0.39, 0.29) is 29.9 Å². The molecule has 1 atom stereocenters. The van der Waals surface area contributed by atoms with Crippen LogP contribution in [-0.4, -0.2) is 35.5 Å². The predicted molar refractivity (Wildman–Crippen MR) is 150 cm³/mol. The second kappa shape index (κ2) is 15.2. The molecule has 0 radical (unpaired) electrons. The van der Waals surface area contributed by atoms with Gasteiger partial charge in [0.2, 0.25) is 5.91 Å². The highest BCUT2D eigenvalue weighted by Crippen LogP contribution is 2.19. The average molecular weight is 503 g/mol. The second-order valence-corrected chi connectivity index (χ2v) is 11.3. The lowest BCUT2D eigenvalue weighted by Crippen LogP contribution is -2.53. The Labute approximate surface area is 220 Å². The lowest BCUT2D eigenvalue weighted by Gasteiger charge is -2.34. The molecule has 2 rings (SSSR count). The minimum Gasteiger partial charge on any atom is -0.489 e. The summed E-state index contributed by atoms with van der Waals surface area (Å²) in [6, 6.07) is 18.2. The van der Waals surface area contributed by atoms with Crippen LogP contribution in [-0.2, 0) is 17.8 Å². The third-order valence-corrected chi connectivity index (χ3v) is 5.83. The molecule has 0 spiro atoms. The Hall–Kier alpha value is -2.04. The molecule has 0 aliphatic heterocycles. The number of hydrogen-bond acceptors (Lipinski definition) is 3. The summed E-state index contributed by atoms with van der Waals surface area (Å²) in [5.41, 5.74) is 2.04.